The first-order valence-corrected chi connectivity index (χ1v) is 8.98. The van der Waals surface area contributed by atoms with Crippen molar-refractivity contribution in [2.45, 2.75) is 19.3 Å². The highest BCUT2D eigenvalue weighted by Gasteiger charge is 2.21. The highest BCUT2D eigenvalue weighted by Crippen LogP contribution is 2.31. The number of anilines is 1. The molecule has 27 heavy (non-hydrogen) atoms. The summed E-state index contributed by atoms with van der Waals surface area (Å²) < 4.78 is 5.08. The number of nitro groups is 1. The molecule has 1 fully saturated rings. The predicted molar refractivity (Wildman–Crippen MR) is 106 cm³/mol. The van der Waals surface area contributed by atoms with Gasteiger partial charge in [-0.2, -0.15) is 0 Å². The number of rotatable bonds is 6. The molecule has 1 aliphatic heterocycles. The number of allylic oxidation sites excluding steroid dienone is 1. The molecule has 2 aromatic rings. The van der Waals surface area contributed by atoms with E-state index in [4.69, 9.17) is 4.74 Å². The van der Waals surface area contributed by atoms with E-state index in [1.54, 1.807) is 43.5 Å². The zero-order valence-corrected chi connectivity index (χ0v) is 15.3. The maximum Gasteiger partial charge on any atom is 0.293 e. The molecule has 6 nitrogen and oxygen atoms in total. The lowest BCUT2D eigenvalue weighted by molar-refractivity contribution is -0.384. The number of benzene rings is 2. The number of ketones is 1. The molecule has 0 radical (unpaired) electrons. The van der Waals surface area contributed by atoms with E-state index >= 15 is 0 Å². The maximum atomic E-state index is 12.3. The first kappa shape index (κ1) is 18.6. The molecule has 2 aromatic carbocycles. The number of carbonyl (C=O) groups is 1. The van der Waals surface area contributed by atoms with E-state index in [1.807, 2.05) is 6.07 Å². The van der Waals surface area contributed by atoms with Crippen molar-refractivity contribution in [1.82, 2.24) is 0 Å². The summed E-state index contributed by atoms with van der Waals surface area (Å²) >= 11 is 0. The van der Waals surface area contributed by atoms with E-state index in [2.05, 4.69) is 4.90 Å². The van der Waals surface area contributed by atoms with Gasteiger partial charge in [0, 0.05) is 24.7 Å². The number of ether oxygens (including phenoxy) is 1. The third kappa shape index (κ3) is 4.53. The number of piperidine rings is 1. The quantitative estimate of drug-likeness (QED) is 0.326. The van der Waals surface area contributed by atoms with Gasteiger partial charge in [0.15, 0.2) is 5.78 Å². The van der Waals surface area contributed by atoms with Crippen molar-refractivity contribution in [2.75, 3.05) is 25.1 Å². The molecule has 1 saturated heterocycles. The molecule has 0 unspecified atom stereocenters. The maximum absolute atomic E-state index is 12.3. The number of nitrogens with zero attached hydrogens (tertiary/aromatic N) is 2. The number of methoxy groups -OCH3 is 1. The van der Waals surface area contributed by atoms with Gasteiger partial charge in [0.2, 0.25) is 0 Å². The zero-order valence-electron chi connectivity index (χ0n) is 15.3. The van der Waals surface area contributed by atoms with Gasteiger partial charge in [-0.3, -0.25) is 14.9 Å². The molecule has 0 aliphatic carbocycles. The van der Waals surface area contributed by atoms with Crippen LogP contribution in [0.5, 0.6) is 5.75 Å². The lowest BCUT2D eigenvalue weighted by Crippen LogP contribution is -2.29. The Morgan fingerprint density at radius 2 is 1.81 bits per heavy atom. The minimum absolute atomic E-state index is 0.0796. The molecule has 0 N–H and O–H groups in total. The number of hydrogen-bond donors (Lipinski definition) is 0. The summed E-state index contributed by atoms with van der Waals surface area (Å²) in [4.78, 5) is 25.5. The van der Waals surface area contributed by atoms with Gasteiger partial charge in [0.25, 0.3) is 5.69 Å². The molecule has 1 aliphatic rings. The molecular weight excluding hydrogens is 344 g/mol. The molecule has 0 saturated carbocycles. The summed E-state index contributed by atoms with van der Waals surface area (Å²) in [6.07, 6.45) is 6.31. The summed E-state index contributed by atoms with van der Waals surface area (Å²) in [5.74, 6) is 0.514. The van der Waals surface area contributed by atoms with Gasteiger partial charge in [0.1, 0.15) is 11.4 Å². The van der Waals surface area contributed by atoms with Crippen molar-refractivity contribution >= 4 is 23.2 Å². The van der Waals surface area contributed by atoms with Gasteiger partial charge >= 0.3 is 0 Å². The van der Waals surface area contributed by atoms with Crippen LogP contribution in [0.15, 0.2) is 48.5 Å². The highest BCUT2D eigenvalue weighted by molar-refractivity contribution is 6.06. The number of hydrogen-bond acceptors (Lipinski definition) is 5. The molecule has 0 atom stereocenters. The summed E-state index contributed by atoms with van der Waals surface area (Å²) in [6, 6.07) is 11.9. The summed E-state index contributed by atoms with van der Waals surface area (Å²) in [6.45, 7) is 1.68. The van der Waals surface area contributed by atoms with Crippen molar-refractivity contribution in [3.8, 4) is 5.75 Å². The number of nitro benzene ring substituents is 1. The van der Waals surface area contributed by atoms with Crippen molar-refractivity contribution < 1.29 is 14.5 Å². The average molecular weight is 366 g/mol. The minimum Gasteiger partial charge on any atom is -0.497 e. The fraction of sp³-hybridized carbons (Fsp3) is 0.286. The Bertz CT molecular complexity index is 853. The first-order chi connectivity index (χ1) is 13.1. The molecule has 140 valence electrons. The Kier molecular flexibility index (Phi) is 5.86. The van der Waals surface area contributed by atoms with E-state index in [0.717, 1.165) is 25.9 Å². The van der Waals surface area contributed by atoms with Crippen LogP contribution in [0.4, 0.5) is 11.4 Å². The zero-order chi connectivity index (χ0) is 19.2. The third-order valence-corrected chi connectivity index (χ3v) is 4.69. The lowest BCUT2D eigenvalue weighted by Gasteiger charge is -2.28. The fourth-order valence-electron chi connectivity index (χ4n) is 3.22. The summed E-state index contributed by atoms with van der Waals surface area (Å²) in [5.41, 5.74) is 1.89. The van der Waals surface area contributed by atoms with Crippen LogP contribution in [0.3, 0.4) is 0 Å². The molecule has 0 spiro atoms. The molecule has 0 amide bonds. The standard InChI is InChI=1S/C21H22N2O4/c1-27-18-9-7-17(8-10-18)21(24)12-6-16-5-11-19(20(15-16)23(25)26)22-13-3-2-4-14-22/h5-12,15H,2-4,13-14H2,1H3. The first-order valence-electron chi connectivity index (χ1n) is 8.98. The van der Waals surface area contributed by atoms with Gasteiger partial charge in [-0.25, -0.2) is 0 Å². The predicted octanol–water partition coefficient (Wildman–Crippen LogP) is 4.49. The SMILES string of the molecule is COc1ccc(C(=O)C=Cc2ccc(N3CCCCC3)c([N+](=O)[O-])c2)cc1. The van der Waals surface area contributed by atoms with Crippen molar-refractivity contribution in [2.24, 2.45) is 0 Å². The molecule has 3 rings (SSSR count). The van der Waals surface area contributed by atoms with E-state index in [9.17, 15) is 14.9 Å². The Balaban J connectivity index is 1.79. The van der Waals surface area contributed by atoms with Crippen LogP contribution >= 0.6 is 0 Å². The normalized spacial score (nSPS) is 14.3. The Hall–Kier alpha value is -3.15. The second kappa shape index (κ2) is 8.49. The topological polar surface area (TPSA) is 72.7 Å². The highest BCUT2D eigenvalue weighted by atomic mass is 16.6. The number of carbonyl (C=O) groups excluding carboxylic acids is 1. The smallest absolute Gasteiger partial charge is 0.293 e. The van der Waals surface area contributed by atoms with Gasteiger partial charge in [-0.05, 0) is 61.2 Å². The van der Waals surface area contributed by atoms with Crippen molar-refractivity contribution in [1.29, 1.82) is 0 Å². The Morgan fingerprint density at radius 3 is 2.44 bits per heavy atom. The second-order valence-electron chi connectivity index (χ2n) is 6.48. The van der Waals surface area contributed by atoms with Crippen LogP contribution in [0.2, 0.25) is 0 Å². The van der Waals surface area contributed by atoms with Crippen LogP contribution in [-0.4, -0.2) is 30.9 Å². The second-order valence-corrected chi connectivity index (χ2v) is 6.48. The van der Waals surface area contributed by atoms with Gasteiger partial charge in [0.05, 0.1) is 12.0 Å². The van der Waals surface area contributed by atoms with E-state index < -0.39 is 0 Å². The Labute approximate surface area is 158 Å². The molecule has 0 aromatic heterocycles. The summed E-state index contributed by atoms with van der Waals surface area (Å²) in [7, 11) is 1.57. The molecular formula is C21H22N2O4. The molecule has 1 heterocycles. The minimum atomic E-state index is -0.355. The van der Waals surface area contributed by atoms with Crippen LogP contribution in [0.1, 0.15) is 35.2 Å². The van der Waals surface area contributed by atoms with E-state index in [1.165, 1.54) is 18.6 Å². The van der Waals surface area contributed by atoms with Gasteiger partial charge in [-0.1, -0.05) is 12.1 Å². The van der Waals surface area contributed by atoms with Crippen LogP contribution in [-0.2, 0) is 0 Å². The largest absolute Gasteiger partial charge is 0.497 e. The molecule has 6 heteroatoms. The van der Waals surface area contributed by atoms with Crippen molar-refractivity contribution in [3.63, 3.8) is 0 Å². The van der Waals surface area contributed by atoms with E-state index in [0.29, 0.717) is 22.6 Å². The average Bonchev–Trinajstić information content (AvgIpc) is 2.72. The van der Waals surface area contributed by atoms with E-state index in [-0.39, 0.29) is 16.4 Å². The van der Waals surface area contributed by atoms with Gasteiger partial charge < -0.3 is 9.64 Å². The van der Waals surface area contributed by atoms with Gasteiger partial charge in [-0.15, -0.1) is 0 Å². The Morgan fingerprint density at radius 1 is 1.11 bits per heavy atom. The lowest BCUT2D eigenvalue weighted by atomic mass is 10.1. The van der Waals surface area contributed by atoms with Crippen LogP contribution in [0.25, 0.3) is 6.08 Å². The fourth-order valence-corrected chi connectivity index (χ4v) is 3.22. The third-order valence-electron chi connectivity index (χ3n) is 4.69. The van der Waals surface area contributed by atoms with Crippen molar-refractivity contribution in [3.05, 3.63) is 69.8 Å². The van der Waals surface area contributed by atoms with Crippen LogP contribution < -0.4 is 9.64 Å². The monoisotopic (exact) mass is 366 g/mol. The molecule has 0 bridgehead atoms. The van der Waals surface area contributed by atoms with Crippen LogP contribution in [0, 0.1) is 10.1 Å². The summed E-state index contributed by atoms with van der Waals surface area (Å²) in [5, 5.41) is 11.5.